The third kappa shape index (κ3) is 6.30. The van der Waals surface area contributed by atoms with Gasteiger partial charge in [0.15, 0.2) is 5.96 Å². The Labute approximate surface area is 173 Å². The average Bonchev–Trinajstić information content (AvgIpc) is 2.91. The number of hydrogen-bond donors (Lipinski definition) is 1. The van der Waals surface area contributed by atoms with E-state index in [2.05, 4.69) is 49.8 Å². The van der Waals surface area contributed by atoms with E-state index in [1.165, 1.54) is 31.2 Å². The lowest BCUT2D eigenvalue weighted by atomic mass is 10.1. The Bertz CT molecular complexity index is 660. The summed E-state index contributed by atoms with van der Waals surface area (Å²) in [5.74, 6) is 1.66. The first kappa shape index (κ1) is 20.7. The summed E-state index contributed by atoms with van der Waals surface area (Å²) in [4.78, 5) is 11.3. The van der Waals surface area contributed by atoms with Crippen molar-refractivity contribution >= 4 is 29.9 Å². The third-order valence-corrected chi connectivity index (χ3v) is 4.82. The Balaban J connectivity index is 0.00000243. The van der Waals surface area contributed by atoms with Gasteiger partial charge in [-0.15, -0.1) is 24.0 Å². The molecule has 26 heavy (non-hydrogen) atoms. The Morgan fingerprint density at radius 2 is 1.81 bits per heavy atom. The zero-order chi connectivity index (χ0) is 17.3. The van der Waals surface area contributed by atoms with E-state index in [0.29, 0.717) is 12.5 Å². The first-order valence-corrected chi connectivity index (χ1v) is 9.42. The number of guanidine groups is 1. The first-order chi connectivity index (χ1) is 12.3. The zero-order valence-corrected chi connectivity index (χ0v) is 17.7. The molecule has 2 aromatic rings. The number of benzene rings is 1. The van der Waals surface area contributed by atoms with Gasteiger partial charge in [0.1, 0.15) is 12.4 Å². The van der Waals surface area contributed by atoms with Crippen LogP contribution in [-0.2, 0) is 19.5 Å². The maximum absolute atomic E-state index is 6.20. The van der Waals surface area contributed by atoms with Gasteiger partial charge in [-0.25, -0.2) is 9.98 Å². The van der Waals surface area contributed by atoms with E-state index in [-0.39, 0.29) is 24.0 Å². The molecule has 0 bridgehead atoms. The molecule has 0 aliphatic carbocycles. The van der Waals surface area contributed by atoms with Crippen molar-refractivity contribution in [2.24, 2.45) is 10.7 Å². The zero-order valence-electron chi connectivity index (χ0n) is 15.4. The van der Waals surface area contributed by atoms with Crippen molar-refractivity contribution in [1.29, 1.82) is 0 Å². The topological polar surface area (TPSA) is 59.4 Å². The van der Waals surface area contributed by atoms with Gasteiger partial charge in [0, 0.05) is 32.0 Å². The lowest BCUT2D eigenvalue weighted by Gasteiger charge is -2.21. The van der Waals surface area contributed by atoms with Gasteiger partial charge in [-0.3, -0.25) is 0 Å². The molecule has 1 aliphatic rings. The van der Waals surface area contributed by atoms with Crippen LogP contribution in [-0.4, -0.2) is 33.5 Å². The van der Waals surface area contributed by atoms with Gasteiger partial charge < -0.3 is 15.2 Å². The van der Waals surface area contributed by atoms with Crippen molar-refractivity contribution in [2.75, 3.05) is 13.1 Å². The standard InChI is InChI=1S/C20H29N5.HI/c21-20(25-13-6-1-2-7-14-25)23-17-19-22-12-16-24(19)15-8-11-18-9-4-3-5-10-18;/h3-5,9-10,12,16H,1-2,6-8,11,13-15,17H2,(H2,21,23);1H. The number of halogens is 1. The number of nitrogens with zero attached hydrogens (tertiary/aromatic N) is 4. The second kappa shape index (κ2) is 11.2. The smallest absolute Gasteiger partial charge is 0.191 e. The predicted molar refractivity (Wildman–Crippen MR) is 118 cm³/mol. The molecule has 1 saturated heterocycles. The Hall–Kier alpha value is -1.57. The van der Waals surface area contributed by atoms with Crippen LogP contribution in [0, 0.1) is 0 Å². The maximum atomic E-state index is 6.20. The number of aliphatic imine (C=N–C) groups is 1. The van der Waals surface area contributed by atoms with Crippen LogP contribution in [0.5, 0.6) is 0 Å². The van der Waals surface area contributed by atoms with Gasteiger partial charge in [-0.2, -0.15) is 0 Å². The summed E-state index contributed by atoms with van der Waals surface area (Å²) in [5, 5.41) is 0. The molecule has 5 nitrogen and oxygen atoms in total. The van der Waals surface area contributed by atoms with E-state index in [0.717, 1.165) is 38.3 Å². The molecule has 0 amide bonds. The first-order valence-electron chi connectivity index (χ1n) is 9.42. The number of aryl methyl sites for hydroxylation is 2. The lowest BCUT2D eigenvalue weighted by Crippen LogP contribution is -2.38. The summed E-state index contributed by atoms with van der Waals surface area (Å²) >= 11 is 0. The van der Waals surface area contributed by atoms with Crippen molar-refractivity contribution in [3.8, 4) is 0 Å². The highest BCUT2D eigenvalue weighted by Gasteiger charge is 2.11. The number of rotatable bonds is 6. The van der Waals surface area contributed by atoms with Crippen molar-refractivity contribution in [2.45, 2.75) is 51.6 Å². The van der Waals surface area contributed by atoms with E-state index in [9.17, 15) is 0 Å². The van der Waals surface area contributed by atoms with E-state index in [1.54, 1.807) is 0 Å². The number of likely N-dealkylation sites (tertiary alicyclic amines) is 1. The van der Waals surface area contributed by atoms with Crippen LogP contribution in [0.3, 0.4) is 0 Å². The van der Waals surface area contributed by atoms with Crippen LogP contribution < -0.4 is 5.73 Å². The second-order valence-corrected chi connectivity index (χ2v) is 6.70. The summed E-state index contributed by atoms with van der Waals surface area (Å²) in [6.45, 7) is 3.58. The fourth-order valence-electron chi connectivity index (χ4n) is 3.34. The number of hydrogen-bond acceptors (Lipinski definition) is 2. The average molecular weight is 467 g/mol. The van der Waals surface area contributed by atoms with Gasteiger partial charge >= 0.3 is 0 Å². The highest BCUT2D eigenvalue weighted by atomic mass is 127. The summed E-state index contributed by atoms with van der Waals surface area (Å²) in [6.07, 6.45) is 11.1. The van der Waals surface area contributed by atoms with Gasteiger partial charge in [-0.1, -0.05) is 43.2 Å². The van der Waals surface area contributed by atoms with Gasteiger partial charge in [-0.05, 0) is 31.2 Å². The van der Waals surface area contributed by atoms with Crippen LogP contribution in [0.4, 0.5) is 0 Å². The third-order valence-electron chi connectivity index (χ3n) is 4.82. The summed E-state index contributed by atoms with van der Waals surface area (Å²) in [7, 11) is 0. The predicted octanol–water partition coefficient (Wildman–Crippen LogP) is 3.82. The highest BCUT2D eigenvalue weighted by molar-refractivity contribution is 14.0. The van der Waals surface area contributed by atoms with E-state index < -0.39 is 0 Å². The van der Waals surface area contributed by atoms with E-state index >= 15 is 0 Å². The maximum Gasteiger partial charge on any atom is 0.191 e. The van der Waals surface area contributed by atoms with Crippen molar-refractivity contribution in [3.05, 3.63) is 54.1 Å². The second-order valence-electron chi connectivity index (χ2n) is 6.70. The molecule has 142 valence electrons. The molecule has 2 heterocycles. The molecule has 2 N–H and O–H groups in total. The van der Waals surface area contributed by atoms with Crippen LogP contribution in [0.25, 0.3) is 0 Å². The Morgan fingerprint density at radius 3 is 2.54 bits per heavy atom. The molecule has 3 rings (SSSR count). The Morgan fingerprint density at radius 1 is 1.08 bits per heavy atom. The van der Waals surface area contributed by atoms with Crippen LogP contribution in [0.2, 0.25) is 0 Å². The number of nitrogens with two attached hydrogens (primary N) is 1. The molecule has 1 fully saturated rings. The number of imidazole rings is 1. The molecule has 0 radical (unpaired) electrons. The molecule has 1 aliphatic heterocycles. The van der Waals surface area contributed by atoms with Gasteiger partial charge in [0.25, 0.3) is 0 Å². The fraction of sp³-hybridized carbons (Fsp3) is 0.500. The van der Waals surface area contributed by atoms with Crippen LogP contribution in [0.15, 0.2) is 47.7 Å². The van der Waals surface area contributed by atoms with Crippen LogP contribution in [0.1, 0.15) is 43.5 Å². The van der Waals surface area contributed by atoms with Gasteiger partial charge in [0.2, 0.25) is 0 Å². The molecule has 6 heteroatoms. The van der Waals surface area contributed by atoms with Crippen LogP contribution >= 0.6 is 24.0 Å². The summed E-state index contributed by atoms with van der Waals surface area (Å²) in [6, 6.07) is 10.6. The molecule has 0 unspecified atom stereocenters. The minimum atomic E-state index is 0. The molecule has 1 aromatic carbocycles. The molecule has 0 spiro atoms. The van der Waals surface area contributed by atoms with Crippen molar-refractivity contribution in [3.63, 3.8) is 0 Å². The van der Waals surface area contributed by atoms with E-state index in [4.69, 9.17) is 5.73 Å². The van der Waals surface area contributed by atoms with Crippen molar-refractivity contribution < 1.29 is 0 Å². The fourth-order valence-corrected chi connectivity index (χ4v) is 3.34. The molecular weight excluding hydrogens is 437 g/mol. The van der Waals surface area contributed by atoms with Gasteiger partial charge in [0.05, 0.1) is 0 Å². The normalized spacial score (nSPS) is 15.4. The monoisotopic (exact) mass is 467 g/mol. The largest absolute Gasteiger partial charge is 0.370 e. The minimum Gasteiger partial charge on any atom is -0.370 e. The minimum absolute atomic E-state index is 0. The highest BCUT2D eigenvalue weighted by Crippen LogP contribution is 2.10. The lowest BCUT2D eigenvalue weighted by molar-refractivity contribution is 0.428. The molecule has 0 saturated carbocycles. The molecule has 0 atom stereocenters. The van der Waals surface area contributed by atoms with Crippen molar-refractivity contribution in [1.82, 2.24) is 14.5 Å². The molecule has 1 aromatic heterocycles. The number of aromatic nitrogens is 2. The Kier molecular flexibility index (Phi) is 8.94. The summed E-state index contributed by atoms with van der Waals surface area (Å²) in [5.41, 5.74) is 7.58. The summed E-state index contributed by atoms with van der Waals surface area (Å²) < 4.78 is 2.20. The van der Waals surface area contributed by atoms with E-state index in [1.807, 2.05) is 12.4 Å². The SMILES string of the molecule is I.NC(=NCc1nccn1CCCc1ccccc1)N1CCCCCC1. The quantitative estimate of drug-likeness (QED) is 0.399. The molecular formula is C20H30IN5.